The number of fused-ring (bicyclic) bond motifs is 2. The molecule has 0 spiro atoms. The van der Waals surface area contributed by atoms with Crippen LogP contribution in [0.5, 0.6) is 0 Å². The lowest BCUT2D eigenvalue weighted by molar-refractivity contribution is 0.471. The monoisotopic (exact) mass is 259 g/mol. The van der Waals surface area contributed by atoms with E-state index in [-0.39, 0.29) is 0 Å². The van der Waals surface area contributed by atoms with Crippen LogP contribution in [0.3, 0.4) is 0 Å². The highest BCUT2D eigenvalue weighted by Crippen LogP contribution is 2.43. The number of allylic oxidation sites excluding steroid dienone is 2. The van der Waals surface area contributed by atoms with E-state index >= 15 is 0 Å². The summed E-state index contributed by atoms with van der Waals surface area (Å²) < 4.78 is 2.12. The van der Waals surface area contributed by atoms with E-state index in [1.807, 2.05) is 0 Å². The molecule has 0 radical (unpaired) electrons. The molecular formula is C16H25N3. The van der Waals surface area contributed by atoms with Gasteiger partial charge in [-0.15, -0.1) is 0 Å². The van der Waals surface area contributed by atoms with Crippen LogP contribution in [-0.4, -0.2) is 16.3 Å². The molecule has 1 aromatic heterocycles. The lowest BCUT2D eigenvalue weighted by Crippen LogP contribution is -2.18. The third kappa shape index (κ3) is 2.19. The van der Waals surface area contributed by atoms with E-state index in [9.17, 15) is 0 Å². The lowest BCUT2D eigenvalue weighted by Gasteiger charge is -2.19. The Kier molecular flexibility index (Phi) is 3.15. The molecule has 2 aliphatic rings. The van der Waals surface area contributed by atoms with Crippen molar-refractivity contribution in [3.05, 3.63) is 23.5 Å². The van der Waals surface area contributed by atoms with Gasteiger partial charge in [-0.25, -0.2) is 0 Å². The minimum Gasteiger partial charge on any atom is -0.382 e. The quantitative estimate of drug-likeness (QED) is 0.835. The maximum Gasteiger partial charge on any atom is 0.0828 e. The van der Waals surface area contributed by atoms with Crippen LogP contribution in [0.4, 0.5) is 5.69 Å². The predicted molar refractivity (Wildman–Crippen MR) is 79.4 cm³/mol. The number of aryl methyl sites for hydroxylation is 1. The van der Waals surface area contributed by atoms with Crippen LogP contribution in [0.2, 0.25) is 0 Å². The fourth-order valence-corrected chi connectivity index (χ4v) is 3.78. The highest BCUT2D eigenvalue weighted by Gasteiger charge is 2.35. The van der Waals surface area contributed by atoms with Crippen LogP contribution in [0.1, 0.15) is 44.1 Å². The molecular weight excluding hydrogens is 234 g/mol. The molecule has 3 atom stereocenters. The number of nitrogens with one attached hydrogen (secondary N) is 1. The number of hydrogen-bond donors (Lipinski definition) is 1. The van der Waals surface area contributed by atoms with E-state index in [0.29, 0.717) is 6.04 Å². The van der Waals surface area contributed by atoms with E-state index in [0.717, 1.165) is 30.0 Å². The molecule has 0 aromatic carbocycles. The third-order valence-electron chi connectivity index (χ3n) is 4.77. The highest BCUT2D eigenvalue weighted by atomic mass is 15.3. The molecule has 19 heavy (non-hydrogen) atoms. The molecule has 3 nitrogen and oxygen atoms in total. The van der Waals surface area contributed by atoms with Gasteiger partial charge >= 0.3 is 0 Å². The fourth-order valence-electron chi connectivity index (χ4n) is 3.78. The number of anilines is 1. The van der Waals surface area contributed by atoms with Crippen LogP contribution in [-0.2, 0) is 0 Å². The van der Waals surface area contributed by atoms with E-state index in [4.69, 9.17) is 0 Å². The van der Waals surface area contributed by atoms with Gasteiger partial charge in [-0.3, -0.25) is 4.68 Å². The predicted octanol–water partition coefficient (Wildman–Crippen LogP) is 3.70. The van der Waals surface area contributed by atoms with Crippen molar-refractivity contribution in [2.45, 2.75) is 46.6 Å². The summed E-state index contributed by atoms with van der Waals surface area (Å²) in [6.45, 7) is 9.74. The first-order chi connectivity index (χ1) is 9.06. The lowest BCUT2D eigenvalue weighted by atomic mass is 9.93. The zero-order valence-corrected chi connectivity index (χ0v) is 12.5. The normalized spacial score (nSPS) is 28.6. The average molecular weight is 259 g/mol. The van der Waals surface area contributed by atoms with Crippen molar-refractivity contribution in [1.82, 2.24) is 9.78 Å². The zero-order chi connectivity index (χ0) is 13.6. The molecule has 1 aromatic rings. The van der Waals surface area contributed by atoms with E-state index in [1.54, 1.807) is 0 Å². The standard InChI is InChI=1S/C16H25N3/c1-10(2)19-12(4)16(11(3)18-19)17-9-15-8-13-5-6-14(15)7-13/h5-6,10,13-15,17H,7-9H2,1-4H3/t13-,14-,15+/m0/s1. The van der Waals surface area contributed by atoms with Crippen LogP contribution in [0.15, 0.2) is 12.2 Å². The number of hydrogen-bond acceptors (Lipinski definition) is 2. The maximum atomic E-state index is 4.64. The van der Waals surface area contributed by atoms with Crippen molar-refractivity contribution in [3.8, 4) is 0 Å². The fraction of sp³-hybridized carbons (Fsp3) is 0.688. The highest BCUT2D eigenvalue weighted by molar-refractivity contribution is 5.52. The molecule has 0 unspecified atom stereocenters. The van der Waals surface area contributed by atoms with Crippen molar-refractivity contribution in [3.63, 3.8) is 0 Å². The maximum absolute atomic E-state index is 4.64. The Hall–Kier alpha value is -1.25. The van der Waals surface area contributed by atoms with Crippen molar-refractivity contribution >= 4 is 5.69 Å². The van der Waals surface area contributed by atoms with Crippen molar-refractivity contribution in [2.24, 2.45) is 17.8 Å². The summed E-state index contributed by atoms with van der Waals surface area (Å²) in [6, 6.07) is 0.430. The smallest absolute Gasteiger partial charge is 0.0828 e. The van der Waals surface area contributed by atoms with Gasteiger partial charge in [-0.2, -0.15) is 5.10 Å². The summed E-state index contributed by atoms with van der Waals surface area (Å²) in [5.41, 5.74) is 3.65. The van der Waals surface area contributed by atoms with Gasteiger partial charge in [0, 0.05) is 12.6 Å². The summed E-state index contributed by atoms with van der Waals surface area (Å²) in [7, 11) is 0. The second-order valence-electron chi connectivity index (χ2n) is 6.51. The minimum atomic E-state index is 0.430. The zero-order valence-electron chi connectivity index (χ0n) is 12.5. The van der Waals surface area contributed by atoms with Crippen LogP contribution < -0.4 is 5.32 Å². The second-order valence-corrected chi connectivity index (χ2v) is 6.51. The summed E-state index contributed by atoms with van der Waals surface area (Å²) in [4.78, 5) is 0. The molecule has 1 saturated carbocycles. The molecule has 0 saturated heterocycles. The van der Waals surface area contributed by atoms with Gasteiger partial charge in [0.15, 0.2) is 0 Å². The van der Waals surface area contributed by atoms with Gasteiger partial charge < -0.3 is 5.32 Å². The first-order valence-corrected chi connectivity index (χ1v) is 7.54. The minimum absolute atomic E-state index is 0.430. The van der Waals surface area contributed by atoms with Crippen molar-refractivity contribution in [1.29, 1.82) is 0 Å². The number of nitrogens with zero attached hydrogens (tertiary/aromatic N) is 2. The summed E-state index contributed by atoms with van der Waals surface area (Å²) in [5.74, 6) is 2.49. The first kappa shape index (κ1) is 12.8. The summed E-state index contributed by atoms with van der Waals surface area (Å²) in [5, 5.41) is 8.31. The summed E-state index contributed by atoms with van der Waals surface area (Å²) >= 11 is 0. The van der Waals surface area contributed by atoms with Gasteiger partial charge in [-0.1, -0.05) is 12.2 Å². The molecule has 1 heterocycles. The Morgan fingerprint density at radius 3 is 2.63 bits per heavy atom. The Labute approximate surface area is 116 Å². The van der Waals surface area contributed by atoms with Crippen LogP contribution >= 0.6 is 0 Å². The topological polar surface area (TPSA) is 29.9 Å². The SMILES string of the molecule is Cc1nn(C(C)C)c(C)c1NC[C@H]1C[C@H]2C=C[C@H]1C2. The molecule has 0 aliphatic heterocycles. The number of rotatable bonds is 4. The summed E-state index contributed by atoms with van der Waals surface area (Å²) in [6.07, 6.45) is 7.59. The average Bonchev–Trinajstić information content (AvgIpc) is 3.03. The molecule has 0 amide bonds. The van der Waals surface area contributed by atoms with Gasteiger partial charge in [0.2, 0.25) is 0 Å². The van der Waals surface area contributed by atoms with Gasteiger partial charge in [0.25, 0.3) is 0 Å². The van der Waals surface area contributed by atoms with E-state index in [2.05, 4.69) is 54.9 Å². The van der Waals surface area contributed by atoms with Crippen molar-refractivity contribution in [2.75, 3.05) is 11.9 Å². The Bertz CT molecular complexity index is 498. The largest absolute Gasteiger partial charge is 0.382 e. The first-order valence-electron chi connectivity index (χ1n) is 7.54. The molecule has 3 rings (SSSR count). The van der Waals surface area contributed by atoms with Crippen LogP contribution in [0.25, 0.3) is 0 Å². The second kappa shape index (κ2) is 4.69. The molecule has 2 bridgehead atoms. The molecule has 1 N–H and O–H groups in total. The molecule has 3 heteroatoms. The van der Waals surface area contributed by atoms with Crippen LogP contribution in [0, 0.1) is 31.6 Å². The van der Waals surface area contributed by atoms with E-state index in [1.165, 1.54) is 24.2 Å². The number of aromatic nitrogens is 2. The Balaban J connectivity index is 1.69. The van der Waals surface area contributed by atoms with Gasteiger partial charge in [-0.05, 0) is 58.3 Å². The van der Waals surface area contributed by atoms with Gasteiger partial charge in [0.1, 0.15) is 0 Å². The molecule has 104 valence electrons. The molecule has 1 fully saturated rings. The van der Waals surface area contributed by atoms with Crippen molar-refractivity contribution < 1.29 is 0 Å². The molecule has 2 aliphatic carbocycles. The van der Waals surface area contributed by atoms with Gasteiger partial charge in [0.05, 0.1) is 17.1 Å². The third-order valence-corrected chi connectivity index (χ3v) is 4.77. The Morgan fingerprint density at radius 2 is 2.11 bits per heavy atom. The van der Waals surface area contributed by atoms with E-state index < -0.39 is 0 Å². The Morgan fingerprint density at radius 1 is 1.32 bits per heavy atom.